The van der Waals surface area contributed by atoms with Crippen molar-refractivity contribution in [3.63, 3.8) is 0 Å². The van der Waals surface area contributed by atoms with Crippen molar-refractivity contribution in [2.45, 2.75) is 43.9 Å². The van der Waals surface area contributed by atoms with Crippen LogP contribution in [0.25, 0.3) is 5.65 Å². The SMILES string of the molecule is O=C(NCCCCCc1nnc2ccccn12)C1(c2ccccc2)CCOCC1. The van der Waals surface area contributed by atoms with Gasteiger partial charge in [0.15, 0.2) is 5.65 Å². The Balaban J connectivity index is 1.26. The fraction of sp³-hybridized carbons (Fsp3) is 0.435. The molecule has 0 radical (unpaired) electrons. The number of benzene rings is 1. The summed E-state index contributed by atoms with van der Waals surface area (Å²) in [6.07, 6.45) is 7.41. The largest absolute Gasteiger partial charge is 0.381 e. The zero-order chi connectivity index (χ0) is 19.9. The lowest BCUT2D eigenvalue weighted by Crippen LogP contribution is -2.48. The Bertz CT molecular complexity index is 932. The normalized spacial score (nSPS) is 16.0. The molecular formula is C23H28N4O2. The third-order valence-electron chi connectivity index (χ3n) is 5.85. The number of aryl methyl sites for hydroxylation is 1. The molecule has 1 aliphatic heterocycles. The summed E-state index contributed by atoms with van der Waals surface area (Å²) in [5, 5.41) is 11.7. The number of ether oxygens (including phenoxy) is 1. The first kappa shape index (κ1) is 19.6. The number of nitrogens with one attached hydrogen (secondary N) is 1. The van der Waals surface area contributed by atoms with Gasteiger partial charge in [-0.1, -0.05) is 42.8 Å². The fourth-order valence-electron chi connectivity index (χ4n) is 4.14. The predicted molar refractivity (Wildman–Crippen MR) is 112 cm³/mol. The molecule has 6 heteroatoms. The molecular weight excluding hydrogens is 364 g/mol. The van der Waals surface area contributed by atoms with Crippen molar-refractivity contribution in [2.24, 2.45) is 0 Å². The maximum absolute atomic E-state index is 13.1. The number of aromatic nitrogens is 3. The van der Waals surface area contributed by atoms with Crippen LogP contribution in [-0.2, 0) is 21.4 Å². The number of fused-ring (bicyclic) bond motifs is 1. The first-order chi connectivity index (χ1) is 14.3. The van der Waals surface area contributed by atoms with Crippen LogP contribution in [-0.4, -0.2) is 40.3 Å². The van der Waals surface area contributed by atoms with Gasteiger partial charge in [0.25, 0.3) is 0 Å². The van der Waals surface area contributed by atoms with Crippen molar-refractivity contribution in [2.75, 3.05) is 19.8 Å². The van der Waals surface area contributed by atoms with E-state index >= 15 is 0 Å². The molecule has 0 saturated carbocycles. The summed E-state index contributed by atoms with van der Waals surface area (Å²) in [7, 11) is 0. The maximum Gasteiger partial charge on any atom is 0.230 e. The summed E-state index contributed by atoms with van der Waals surface area (Å²) < 4.78 is 7.57. The quantitative estimate of drug-likeness (QED) is 0.597. The Morgan fingerprint density at radius 1 is 1.00 bits per heavy atom. The molecule has 2 aromatic heterocycles. The highest BCUT2D eigenvalue weighted by Crippen LogP contribution is 2.35. The van der Waals surface area contributed by atoms with Crippen LogP contribution in [0.2, 0.25) is 0 Å². The van der Waals surface area contributed by atoms with Crippen molar-refractivity contribution in [1.82, 2.24) is 19.9 Å². The number of carbonyl (C=O) groups is 1. The van der Waals surface area contributed by atoms with Gasteiger partial charge in [0.05, 0.1) is 5.41 Å². The first-order valence-electron chi connectivity index (χ1n) is 10.5. The van der Waals surface area contributed by atoms with Crippen LogP contribution in [0.3, 0.4) is 0 Å². The Labute approximate surface area is 171 Å². The second kappa shape index (κ2) is 9.18. The average molecular weight is 393 g/mol. The fourth-order valence-corrected chi connectivity index (χ4v) is 4.14. The standard InChI is InChI=1S/C23H28N4O2/c28-22(23(13-17-29-18-14-23)19-9-3-1-4-10-19)24-15-7-2-5-11-20-25-26-21-12-6-8-16-27(20)21/h1,3-4,6,8-10,12,16H,2,5,7,11,13-15,17-18H2,(H,24,28). The molecule has 1 saturated heterocycles. The van der Waals surface area contributed by atoms with E-state index in [0.29, 0.717) is 19.8 Å². The van der Waals surface area contributed by atoms with E-state index in [2.05, 4.69) is 27.6 Å². The molecule has 1 aliphatic rings. The van der Waals surface area contributed by atoms with Crippen LogP contribution in [0.5, 0.6) is 0 Å². The van der Waals surface area contributed by atoms with E-state index in [9.17, 15) is 4.79 Å². The van der Waals surface area contributed by atoms with E-state index < -0.39 is 5.41 Å². The molecule has 0 unspecified atom stereocenters. The molecule has 0 spiro atoms. The van der Waals surface area contributed by atoms with E-state index in [1.807, 2.05) is 47.0 Å². The third-order valence-corrected chi connectivity index (χ3v) is 5.85. The second-order valence-electron chi connectivity index (χ2n) is 7.67. The molecule has 0 aliphatic carbocycles. The zero-order valence-electron chi connectivity index (χ0n) is 16.7. The number of rotatable bonds is 8. The van der Waals surface area contributed by atoms with Gasteiger partial charge in [-0.3, -0.25) is 9.20 Å². The monoisotopic (exact) mass is 392 g/mol. The van der Waals surface area contributed by atoms with Crippen molar-refractivity contribution in [3.05, 3.63) is 66.1 Å². The highest BCUT2D eigenvalue weighted by atomic mass is 16.5. The number of nitrogens with zero attached hydrogens (tertiary/aromatic N) is 3. The topological polar surface area (TPSA) is 68.5 Å². The second-order valence-corrected chi connectivity index (χ2v) is 7.67. The van der Waals surface area contributed by atoms with E-state index in [-0.39, 0.29) is 5.91 Å². The van der Waals surface area contributed by atoms with Gasteiger partial charge in [-0.2, -0.15) is 0 Å². The minimum Gasteiger partial charge on any atom is -0.381 e. The molecule has 0 atom stereocenters. The number of hydrogen-bond donors (Lipinski definition) is 1. The maximum atomic E-state index is 13.1. The smallest absolute Gasteiger partial charge is 0.230 e. The summed E-state index contributed by atoms with van der Waals surface area (Å²) in [5.74, 6) is 1.13. The molecule has 3 heterocycles. The van der Waals surface area contributed by atoms with Crippen LogP contribution >= 0.6 is 0 Å². The van der Waals surface area contributed by atoms with Crippen LogP contribution in [0, 0.1) is 0 Å². The summed E-state index contributed by atoms with van der Waals surface area (Å²) in [6.45, 7) is 1.97. The number of pyridine rings is 1. The average Bonchev–Trinajstić information content (AvgIpc) is 3.20. The van der Waals surface area contributed by atoms with Crippen LogP contribution in [0.4, 0.5) is 0 Å². The number of amides is 1. The van der Waals surface area contributed by atoms with E-state index in [4.69, 9.17) is 4.74 Å². The predicted octanol–water partition coefficient (Wildman–Crippen LogP) is 3.31. The van der Waals surface area contributed by atoms with Crippen LogP contribution < -0.4 is 5.32 Å². The van der Waals surface area contributed by atoms with Crippen molar-refractivity contribution in [3.8, 4) is 0 Å². The van der Waals surface area contributed by atoms with E-state index in [1.54, 1.807) is 0 Å². The lowest BCUT2D eigenvalue weighted by molar-refractivity contribution is -0.130. The highest BCUT2D eigenvalue weighted by molar-refractivity contribution is 5.88. The minimum absolute atomic E-state index is 0.135. The molecule has 6 nitrogen and oxygen atoms in total. The third kappa shape index (κ3) is 4.32. The molecule has 3 aromatic rings. The lowest BCUT2D eigenvalue weighted by atomic mass is 9.73. The highest BCUT2D eigenvalue weighted by Gasteiger charge is 2.41. The molecule has 1 N–H and O–H groups in total. The van der Waals surface area contributed by atoms with E-state index in [1.165, 1.54) is 0 Å². The van der Waals surface area contributed by atoms with Crippen molar-refractivity contribution >= 4 is 11.6 Å². The van der Waals surface area contributed by atoms with Gasteiger partial charge < -0.3 is 10.1 Å². The van der Waals surface area contributed by atoms with Gasteiger partial charge >= 0.3 is 0 Å². The van der Waals surface area contributed by atoms with Gasteiger partial charge in [-0.05, 0) is 43.4 Å². The molecule has 1 aromatic carbocycles. The molecule has 4 rings (SSSR count). The molecule has 29 heavy (non-hydrogen) atoms. The van der Waals surface area contributed by atoms with Gasteiger partial charge in [-0.25, -0.2) is 0 Å². The van der Waals surface area contributed by atoms with Gasteiger partial charge in [0.2, 0.25) is 5.91 Å². The molecule has 0 bridgehead atoms. The number of hydrogen-bond acceptors (Lipinski definition) is 4. The molecule has 1 amide bonds. The zero-order valence-corrected chi connectivity index (χ0v) is 16.7. The number of unbranched alkanes of at least 4 members (excludes halogenated alkanes) is 2. The number of carbonyl (C=O) groups excluding carboxylic acids is 1. The Hall–Kier alpha value is -2.73. The Morgan fingerprint density at radius 2 is 1.79 bits per heavy atom. The van der Waals surface area contributed by atoms with Crippen LogP contribution in [0.1, 0.15) is 43.5 Å². The van der Waals surface area contributed by atoms with Crippen molar-refractivity contribution in [1.29, 1.82) is 0 Å². The van der Waals surface area contributed by atoms with Gasteiger partial charge in [0, 0.05) is 32.4 Å². The van der Waals surface area contributed by atoms with Gasteiger partial charge in [-0.15, -0.1) is 10.2 Å². The Morgan fingerprint density at radius 3 is 2.62 bits per heavy atom. The summed E-state index contributed by atoms with van der Waals surface area (Å²) in [6, 6.07) is 16.1. The summed E-state index contributed by atoms with van der Waals surface area (Å²) >= 11 is 0. The first-order valence-corrected chi connectivity index (χ1v) is 10.5. The van der Waals surface area contributed by atoms with Crippen molar-refractivity contribution < 1.29 is 9.53 Å². The minimum atomic E-state index is -0.458. The summed E-state index contributed by atoms with van der Waals surface area (Å²) in [4.78, 5) is 13.1. The summed E-state index contributed by atoms with van der Waals surface area (Å²) in [5.41, 5.74) is 1.52. The lowest BCUT2D eigenvalue weighted by Gasteiger charge is -2.36. The van der Waals surface area contributed by atoms with Crippen LogP contribution in [0.15, 0.2) is 54.7 Å². The molecule has 152 valence electrons. The van der Waals surface area contributed by atoms with Gasteiger partial charge in [0.1, 0.15) is 5.82 Å². The van der Waals surface area contributed by atoms with E-state index in [0.717, 1.165) is 55.6 Å². The molecule has 1 fully saturated rings. The Kier molecular flexibility index (Phi) is 6.20.